The summed E-state index contributed by atoms with van der Waals surface area (Å²) in [6, 6.07) is 9.36. The first kappa shape index (κ1) is 13.5. The maximum Gasteiger partial charge on any atom is 0.327 e. The zero-order valence-corrected chi connectivity index (χ0v) is 11.0. The maximum absolute atomic E-state index is 13.5. The van der Waals surface area contributed by atoms with Gasteiger partial charge in [-0.05, 0) is 17.5 Å². The van der Waals surface area contributed by atoms with Crippen LogP contribution in [0.25, 0.3) is 0 Å². The number of benzene rings is 2. The summed E-state index contributed by atoms with van der Waals surface area (Å²) in [7, 11) is 0. The topological polar surface area (TPSA) is 55.2 Å². The van der Waals surface area contributed by atoms with E-state index in [1.54, 1.807) is 0 Å². The molecule has 0 spiro atoms. The molecular weight excluding hydrogens is 278 g/mol. The van der Waals surface area contributed by atoms with Crippen molar-refractivity contribution in [3.63, 3.8) is 0 Å². The highest BCUT2D eigenvalue weighted by Gasteiger charge is 2.27. The lowest BCUT2D eigenvalue weighted by Crippen LogP contribution is -2.24. The van der Waals surface area contributed by atoms with Crippen LogP contribution in [0, 0.1) is 21.7 Å². The molecular formula is C15H12F2N2O2. The Balaban J connectivity index is 1.79. The van der Waals surface area contributed by atoms with E-state index in [-0.39, 0.29) is 11.6 Å². The molecule has 6 heteroatoms. The summed E-state index contributed by atoms with van der Waals surface area (Å²) in [5, 5.41) is 13.7. The number of hydrogen-bond donors (Lipinski definition) is 1. The Kier molecular flexibility index (Phi) is 3.29. The number of rotatable bonds is 4. The molecule has 0 aliphatic heterocycles. The monoisotopic (exact) mass is 290 g/mol. The number of nitro benzene ring substituents is 1. The summed E-state index contributed by atoms with van der Waals surface area (Å²) in [5.74, 6) is -1.81. The quantitative estimate of drug-likeness (QED) is 0.691. The third-order valence-electron chi connectivity index (χ3n) is 3.71. The van der Waals surface area contributed by atoms with Gasteiger partial charge in [0.25, 0.3) is 0 Å². The first-order valence-electron chi connectivity index (χ1n) is 6.51. The predicted octanol–water partition coefficient (Wildman–Crippen LogP) is 3.62. The minimum atomic E-state index is -1.17. The van der Waals surface area contributed by atoms with Gasteiger partial charge < -0.3 is 5.32 Å². The SMILES string of the molecule is O=[N+]([O-])c1c(F)cc(F)cc1NCC1Cc2ccccc21. The van der Waals surface area contributed by atoms with E-state index in [0.717, 1.165) is 12.5 Å². The number of hydrogen-bond acceptors (Lipinski definition) is 3. The Morgan fingerprint density at radius 3 is 2.76 bits per heavy atom. The van der Waals surface area contributed by atoms with Gasteiger partial charge in [0.1, 0.15) is 11.5 Å². The van der Waals surface area contributed by atoms with Crippen molar-refractivity contribution in [1.82, 2.24) is 0 Å². The largest absolute Gasteiger partial charge is 0.379 e. The lowest BCUT2D eigenvalue weighted by atomic mass is 9.77. The Bertz CT molecular complexity index is 719. The molecule has 1 atom stereocenters. The van der Waals surface area contributed by atoms with E-state index in [1.165, 1.54) is 11.1 Å². The van der Waals surface area contributed by atoms with Crippen molar-refractivity contribution in [2.45, 2.75) is 12.3 Å². The minimum Gasteiger partial charge on any atom is -0.379 e. The van der Waals surface area contributed by atoms with Crippen LogP contribution in [0.4, 0.5) is 20.2 Å². The van der Waals surface area contributed by atoms with Crippen LogP contribution in [-0.2, 0) is 6.42 Å². The molecule has 0 radical (unpaired) electrons. The number of nitrogens with zero attached hydrogens (tertiary/aromatic N) is 1. The molecule has 0 saturated carbocycles. The highest BCUT2D eigenvalue weighted by atomic mass is 19.1. The fourth-order valence-corrected chi connectivity index (χ4v) is 2.66. The Morgan fingerprint density at radius 1 is 1.29 bits per heavy atom. The number of fused-ring (bicyclic) bond motifs is 1. The third kappa shape index (κ3) is 2.44. The molecule has 0 aromatic heterocycles. The molecule has 1 unspecified atom stereocenters. The summed E-state index contributed by atoms with van der Waals surface area (Å²) in [6.45, 7) is 0.404. The Hall–Kier alpha value is -2.50. The third-order valence-corrected chi connectivity index (χ3v) is 3.71. The summed E-state index contributed by atoms with van der Waals surface area (Å²) < 4.78 is 26.7. The minimum absolute atomic E-state index is 0.123. The van der Waals surface area contributed by atoms with Crippen molar-refractivity contribution in [3.05, 3.63) is 69.3 Å². The van der Waals surface area contributed by atoms with Crippen molar-refractivity contribution in [3.8, 4) is 0 Å². The van der Waals surface area contributed by atoms with E-state index in [2.05, 4.69) is 5.32 Å². The highest BCUT2D eigenvalue weighted by Crippen LogP contribution is 2.36. The van der Waals surface area contributed by atoms with Crippen LogP contribution in [0.2, 0.25) is 0 Å². The molecule has 1 aliphatic carbocycles. The fourth-order valence-electron chi connectivity index (χ4n) is 2.66. The summed E-state index contributed by atoms with van der Waals surface area (Å²) in [4.78, 5) is 10.0. The molecule has 2 aromatic carbocycles. The van der Waals surface area contributed by atoms with Crippen LogP contribution in [0.1, 0.15) is 17.0 Å². The fraction of sp³-hybridized carbons (Fsp3) is 0.200. The molecule has 0 fully saturated rings. The first-order valence-corrected chi connectivity index (χ1v) is 6.51. The van der Waals surface area contributed by atoms with Gasteiger partial charge in [-0.2, -0.15) is 4.39 Å². The van der Waals surface area contributed by atoms with E-state index in [4.69, 9.17) is 0 Å². The van der Waals surface area contributed by atoms with Crippen LogP contribution in [0.15, 0.2) is 36.4 Å². The summed E-state index contributed by atoms with van der Waals surface area (Å²) >= 11 is 0. The van der Waals surface area contributed by atoms with Gasteiger partial charge in [0.15, 0.2) is 0 Å². The predicted molar refractivity (Wildman–Crippen MR) is 74.4 cm³/mol. The zero-order chi connectivity index (χ0) is 15.0. The lowest BCUT2D eigenvalue weighted by Gasteiger charge is -2.30. The second-order valence-electron chi connectivity index (χ2n) is 5.02. The van der Waals surface area contributed by atoms with Gasteiger partial charge in [-0.25, -0.2) is 4.39 Å². The van der Waals surface area contributed by atoms with Crippen molar-refractivity contribution in [2.75, 3.05) is 11.9 Å². The van der Waals surface area contributed by atoms with Gasteiger partial charge in [0.2, 0.25) is 5.82 Å². The van der Waals surface area contributed by atoms with Crippen LogP contribution in [-0.4, -0.2) is 11.5 Å². The van der Waals surface area contributed by atoms with Gasteiger partial charge in [0.05, 0.1) is 4.92 Å². The van der Waals surface area contributed by atoms with E-state index in [1.807, 2.05) is 24.3 Å². The molecule has 2 aromatic rings. The Morgan fingerprint density at radius 2 is 2.05 bits per heavy atom. The van der Waals surface area contributed by atoms with Crippen LogP contribution < -0.4 is 5.32 Å². The van der Waals surface area contributed by atoms with Crippen molar-refractivity contribution in [1.29, 1.82) is 0 Å². The standard InChI is InChI=1S/C15H12F2N2O2/c16-11-6-13(17)15(19(20)21)14(7-11)18-8-10-5-9-3-1-2-4-12(9)10/h1-4,6-7,10,18H,5,8H2. The average molecular weight is 290 g/mol. The second kappa shape index (κ2) is 5.12. The van der Waals surface area contributed by atoms with Crippen molar-refractivity contribution >= 4 is 11.4 Å². The van der Waals surface area contributed by atoms with Crippen molar-refractivity contribution < 1.29 is 13.7 Å². The van der Waals surface area contributed by atoms with E-state index < -0.39 is 22.2 Å². The molecule has 0 heterocycles. The highest BCUT2D eigenvalue weighted by molar-refractivity contribution is 5.62. The average Bonchev–Trinajstić information content (AvgIpc) is 2.38. The van der Waals surface area contributed by atoms with Crippen molar-refractivity contribution in [2.24, 2.45) is 0 Å². The molecule has 21 heavy (non-hydrogen) atoms. The molecule has 108 valence electrons. The van der Waals surface area contributed by atoms with E-state index in [0.29, 0.717) is 12.6 Å². The number of anilines is 1. The van der Waals surface area contributed by atoms with Gasteiger partial charge >= 0.3 is 5.69 Å². The van der Waals surface area contributed by atoms with Gasteiger partial charge in [-0.3, -0.25) is 10.1 Å². The Labute approximate surface area is 119 Å². The molecule has 0 amide bonds. The molecule has 0 bridgehead atoms. The summed E-state index contributed by atoms with van der Waals surface area (Å²) in [5.41, 5.74) is 1.57. The van der Waals surface area contributed by atoms with Crippen LogP contribution >= 0.6 is 0 Å². The molecule has 3 rings (SSSR count). The number of nitrogens with one attached hydrogen (secondary N) is 1. The van der Waals surface area contributed by atoms with Crippen LogP contribution in [0.5, 0.6) is 0 Å². The smallest absolute Gasteiger partial charge is 0.327 e. The lowest BCUT2D eigenvalue weighted by molar-refractivity contribution is -0.386. The zero-order valence-electron chi connectivity index (χ0n) is 11.0. The normalized spacial score (nSPS) is 16.0. The summed E-state index contributed by atoms with van der Waals surface area (Å²) in [6.07, 6.45) is 0.856. The number of nitro groups is 1. The van der Waals surface area contributed by atoms with Crippen LogP contribution in [0.3, 0.4) is 0 Å². The van der Waals surface area contributed by atoms with E-state index >= 15 is 0 Å². The van der Waals surface area contributed by atoms with Gasteiger partial charge in [-0.1, -0.05) is 24.3 Å². The maximum atomic E-state index is 13.5. The van der Waals surface area contributed by atoms with E-state index in [9.17, 15) is 18.9 Å². The molecule has 0 saturated heterocycles. The first-order chi connectivity index (χ1) is 10.1. The number of halogens is 2. The second-order valence-corrected chi connectivity index (χ2v) is 5.02. The molecule has 1 aliphatic rings. The van der Waals surface area contributed by atoms with Gasteiger partial charge in [-0.15, -0.1) is 0 Å². The van der Waals surface area contributed by atoms with Gasteiger partial charge in [0, 0.05) is 24.6 Å². The molecule has 1 N–H and O–H groups in total. The molecule has 4 nitrogen and oxygen atoms in total.